The van der Waals surface area contributed by atoms with Crippen molar-refractivity contribution in [3.8, 4) is 0 Å². The molecule has 1 rings (SSSR count). The van der Waals surface area contributed by atoms with Gasteiger partial charge >= 0.3 is 0 Å². The summed E-state index contributed by atoms with van der Waals surface area (Å²) in [5, 5.41) is 0. The fraction of sp³-hybridized carbons (Fsp3) is 1.00. The highest BCUT2D eigenvalue weighted by Crippen LogP contribution is 2.34. The van der Waals surface area contributed by atoms with E-state index in [-0.39, 0.29) is 0 Å². The largest absolute Gasteiger partial charge is 0.383 e. The first kappa shape index (κ1) is 14.9. The molecule has 0 bridgehead atoms. The quantitative estimate of drug-likeness (QED) is 0.740. The minimum absolute atomic E-state index is 0.422. The van der Waals surface area contributed by atoms with Gasteiger partial charge in [-0.2, -0.15) is 0 Å². The molecule has 1 fully saturated rings. The van der Waals surface area contributed by atoms with Crippen molar-refractivity contribution >= 4 is 0 Å². The zero-order valence-corrected chi connectivity index (χ0v) is 12.2. The highest BCUT2D eigenvalue weighted by Gasteiger charge is 2.31. The number of piperidine rings is 1. The molecule has 0 aromatic carbocycles. The summed E-state index contributed by atoms with van der Waals surface area (Å²) in [4.78, 5) is 2.52. The van der Waals surface area contributed by atoms with Crippen LogP contribution in [0.2, 0.25) is 0 Å². The first-order chi connectivity index (χ1) is 7.99. The maximum atomic E-state index is 5.28. The molecule has 0 saturated carbocycles. The number of rotatable bonds is 5. The maximum absolute atomic E-state index is 5.28. The van der Waals surface area contributed by atoms with Crippen LogP contribution in [0.1, 0.15) is 33.6 Å². The van der Waals surface area contributed by atoms with E-state index in [0.29, 0.717) is 11.5 Å². The Morgan fingerprint density at radius 2 is 1.53 bits per heavy atom. The molecule has 0 aliphatic carbocycles. The van der Waals surface area contributed by atoms with Crippen LogP contribution in [-0.2, 0) is 9.47 Å². The maximum Gasteiger partial charge on any atom is 0.0640 e. The Bertz CT molecular complexity index is 199. The number of hydrogen-bond donors (Lipinski definition) is 0. The monoisotopic (exact) mass is 243 g/mol. The summed E-state index contributed by atoms with van der Waals surface area (Å²) in [6.07, 6.45) is 2.60. The van der Waals surface area contributed by atoms with E-state index in [1.165, 1.54) is 25.9 Å². The van der Waals surface area contributed by atoms with Gasteiger partial charge in [0.25, 0.3) is 0 Å². The molecule has 0 aromatic rings. The molecule has 1 heterocycles. The van der Waals surface area contributed by atoms with E-state index in [9.17, 15) is 0 Å². The van der Waals surface area contributed by atoms with E-state index < -0.39 is 0 Å². The van der Waals surface area contributed by atoms with Crippen LogP contribution in [0.25, 0.3) is 0 Å². The molecule has 0 amide bonds. The smallest absolute Gasteiger partial charge is 0.0640 e. The summed E-state index contributed by atoms with van der Waals surface area (Å²) >= 11 is 0. The summed E-state index contributed by atoms with van der Waals surface area (Å²) in [5.74, 6) is 0.851. The van der Waals surface area contributed by atoms with Crippen molar-refractivity contribution in [3.05, 3.63) is 0 Å². The third kappa shape index (κ3) is 4.57. The van der Waals surface area contributed by atoms with Crippen LogP contribution in [0, 0.1) is 11.3 Å². The molecular formula is C14H29NO2. The second-order valence-corrected chi connectivity index (χ2v) is 6.24. The van der Waals surface area contributed by atoms with Gasteiger partial charge < -0.3 is 9.47 Å². The Morgan fingerprint density at radius 3 is 1.88 bits per heavy atom. The first-order valence-corrected chi connectivity index (χ1v) is 6.71. The Labute approximate surface area is 106 Å². The molecule has 0 N–H and O–H groups in total. The molecular weight excluding hydrogens is 214 g/mol. The fourth-order valence-electron chi connectivity index (χ4n) is 2.77. The van der Waals surface area contributed by atoms with E-state index in [1.807, 2.05) is 0 Å². The molecule has 0 radical (unpaired) electrons. The third-order valence-corrected chi connectivity index (χ3v) is 3.99. The van der Waals surface area contributed by atoms with Crippen molar-refractivity contribution < 1.29 is 9.47 Å². The summed E-state index contributed by atoms with van der Waals surface area (Å²) in [6, 6.07) is 0.422. The third-order valence-electron chi connectivity index (χ3n) is 3.99. The Kier molecular flexibility index (Phi) is 5.90. The molecule has 1 saturated heterocycles. The van der Waals surface area contributed by atoms with Crippen molar-refractivity contribution in [2.75, 3.05) is 40.5 Å². The fourth-order valence-corrected chi connectivity index (χ4v) is 2.77. The highest BCUT2D eigenvalue weighted by atomic mass is 16.5. The van der Waals surface area contributed by atoms with E-state index in [1.54, 1.807) is 14.2 Å². The average molecular weight is 243 g/mol. The van der Waals surface area contributed by atoms with Crippen LogP contribution < -0.4 is 0 Å². The SMILES string of the molecule is COCC(COC)N1CCC(C(C)(C)C)CC1. The Morgan fingerprint density at radius 1 is 1.06 bits per heavy atom. The minimum atomic E-state index is 0.422. The van der Waals surface area contributed by atoms with Crippen molar-refractivity contribution in [3.63, 3.8) is 0 Å². The predicted molar refractivity (Wildman–Crippen MR) is 71.3 cm³/mol. The molecule has 0 aromatic heterocycles. The van der Waals surface area contributed by atoms with Crippen LogP contribution in [0.5, 0.6) is 0 Å². The van der Waals surface area contributed by atoms with Crippen molar-refractivity contribution in [2.45, 2.75) is 39.7 Å². The number of methoxy groups -OCH3 is 2. The van der Waals surface area contributed by atoms with Crippen molar-refractivity contribution in [1.82, 2.24) is 4.90 Å². The van der Waals surface area contributed by atoms with Gasteiger partial charge in [-0.1, -0.05) is 20.8 Å². The van der Waals surface area contributed by atoms with E-state index in [4.69, 9.17) is 9.47 Å². The molecule has 0 unspecified atom stereocenters. The normalized spacial score (nSPS) is 20.1. The first-order valence-electron chi connectivity index (χ1n) is 6.71. The number of hydrogen-bond acceptors (Lipinski definition) is 3. The average Bonchev–Trinajstić information content (AvgIpc) is 2.28. The van der Waals surface area contributed by atoms with Crippen LogP contribution in [0.15, 0.2) is 0 Å². The summed E-state index contributed by atoms with van der Waals surface area (Å²) in [5.41, 5.74) is 0.449. The zero-order chi connectivity index (χ0) is 12.9. The molecule has 3 nitrogen and oxygen atoms in total. The van der Waals surface area contributed by atoms with Gasteiger partial charge in [0.2, 0.25) is 0 Å². The van der Waals surface area contributed by atoms with Gasteiger partial charge in [0.15, 0.2) is 0 Å². The van der Waals surface area contributed by atoms with E-state index >= 15 is 0 Å². The molecule has 0 spiro atoms. The topological polar surface area (TPSA) is 21.7 Å². The van der Waals surface area contributed by atoms with Crippen molar-refractivity contribution in [2.24, 2.45) is 11.3 Å². The second-order valence-electron chi connectivity index (χ2n) is 6.24. The molecule has 1 aliphatic rings. The summed E-state index contributed by atoms with van der Waals surface area (Å²) in [6.45, 7) is 11.0. The van der Waals surface area contributed by atoms with E-state index in [0.717, 1.165) is 19.1 Å². The van der Waals surface area contributed by atoms with Crippen LogP contribution in [0.4, 0.5) is 0 Å². The Balaban J connectivity index is 2.43. The van der Waals surface area contributed by atoms with Crippen LogP contribution in [-0.4, -0.2) is 51.5 Å². The second kappa shape index (κ2) is 6.72. The molecule has 3 heteroatoms. The van der Waals surface area contributed by atoms with Gasteiger partial charge in [-0.05, 0) is 37.3 Å². The van der Waals surface area contributed by atoms with Crippen LogP contribution >= 0.6 is 0 Å². The molecule has 17 heavy (non-hydrogen) atoms. The summed E-state index contributed by atoms with van der Waals surface area (Å²) in [7, 11) is 3.54. The predicted octanol–water partition coefficient (Wildman–Crippen LogP) is 2.41. The number of ether oxygens (including phenoxy) is 2. The van der Waals surface area contributed by atoms with Crippen molar-refractivity contribution in [1.29, 1.82) is 0 Å². The van der Waals surface area contributed by atoms with E-state index in [2.05, 4.69) is 25.7 Å². The molecule has 102 valence electrons. The lowest BCUT2D eigenvalue weighted by Crippen LogP contribution is -2.47. The summed E-state index contributed by atoms with van der Waals surface area (Å²) < 4.78 is 10.6. The lowest BCUT2D eigenvalue weighted by Gasteiger charge is -2.41. The lowest BCUT2D eigenvalue weighted by atomic mass is 9.75. The Hall–Kier alpha value is -0.120. The standard InChI is InChI=1S/C14H29NO2/c1-14(2,3)12-6-8-15(9-7-12)13(10-16-4)11-17-5/h12-13H,6-11H2,1-5H3. The lowest BCUT2D eigenvalue weighted by molar-refractivity contribution is 0.00756. The zero-order valence-electron chi connectivity index (χ0n) is 12.2. The van der Waals surface area contributed by atoms with Gasteiger partial charge in [-0.25, -0.2) is 0 Å². The molecule has 0 atom stereocenters. The van der Waals surface area contributed by atoms with Crippen LogP contribution in [0.3, 0.4) is 0 Å². The van der Waals surface area contributed by atoms with Gasteiger partial charge in [0.1, 0.15) is 0 Å². The highest BCUT2D eigenvalue weighted by molar-refractivity contribution is 4.83. The minimum Gasteiger partial charge on any atom is -0.383 e. The van der Waals surface area contributed by atoms with Gasteiger partial charge in [-0.15, -0.1) is 0 Å². The number of likely N-dealkylation sites (tertiary alicyclic amines) is 1. The number of nitrogens with zero attached hydrogens (tertiary/aromatic N) is 1. The molecule has 1 aliphatic heterocycles. The van der Waals surface area contributed by atoms with Gasteiger partial charge in [0, 0.05) is 14.2 Å². The van der Waals surface area contributed by atoms with Gasteiger partial charge in [-0.3, -0.25) is 4.90 Å². The van der Waals surface area contributed by atoms with Gasteiger partial charge in [0.05, 0.1) is 19.3 Å².